The molecular weight excluding hydrogens is 226 g/mol. The van der Waals surface area contributed by atoms with Crippen LogP contribution in [0.5, 0.6) is 0 Å². The summed E-state index contributed by atoms with van der Waals surface area (Å²) in [5.41, 5.74) is 1.12. The molecule has 92 valence electrons. The highest BCUT2D eigenvalue weighted by Gasteiger charge is 2.45. The second-order valence-corrected chi connectivity index (χ2v) is 5.05. The van der Waals surface area contributed by atoms with Gasteiger partial charge >= 0.3 is 0 Å². The lowest BCUT2D eigenvalue weighted by atomic mass is 10.0. The molecule has 1 heterocycles. The summed E-state index contributed by atoms with van der Waals surface area (Å²) >= 11 is 0. The standard InChI is InChI=1S/C14H15N3O/c15-9-10-5-1-2-6-11(10)12-13(18)17-14(16-12)7-3-4-8-14/h1-2,5-6,12,16H,3-4,7-8H2,(H,17,18)/t12-/m0/s1. The zero-order valence-electron chi connectivity index (χ0n) is 10.1. The molecule has 1 aliphatic heterocycles. The molecule has 0 radical (unpaired) electrons. The van der Waals surface area contributed by atoms with Crippen molar-refractivity contribution in [2.45, 2.75) is 37.4 Å². The van der Waals surface area contributed by atoms with Crippen molar-refractivity contribution in [3.05, 3.63) is 35.4 Å². The molecule has 0 unspecified atom stereocenters. The molecule has 3 rings (SSSR count). The molecule has 1 saturated carbocycles. The van der Waals surface area contributed by atoms with Gasteiger partial charge in [-0.2, -0.15) is 5.26 Å². The van der Waals surface area contributed by atoms with Crippen LogP contribution in [0.4, 0.5) is 0 Å². The first-order valence-electron chi connectivity index (χ1n) is 6.33. The maximum absolute atomic E-state index is 12.1. The average molecular weight is 241 g/mol. The van der Waals surface area contributed by atoms with Crippen LogP contribution in [0.25, 0.3) is 0 Å². The first-order chi connectivity index (χ1) is 8.74. The van der Waals surface area contributed by atoms with E-state index < -0.39 is 0 Å². The summed E-state index contributed by atoms with van der Waals surface area (Å²) in [4.78, 5) is 12.1. The number of nitrogens with zero attached hydrogens (tertiary/aromatic N) is 1. The lowest BCUT2D eigenvalue weighted by Crippen LogP contribution is -2.46. The summed E-state index contributed by atoms with van der Waals surface area (Å²) in [6.45, 7) is 0. The van der Waals surface area contributed by atoms with Crippen molar-refractivity contribution >= 4 is 5.91 Å². The number of nitrogens with one attached hydrogen (secondary N) is 2. The zero-order chi connectivity index (χ0) is 12.6. The Bertz CT molecular complexity index is 526. The third-order valence-corrected chi connectivity index (χ3v) is 3.89. The smallest absolute Gasteiger partial charge is 0.243 e. The minimum absolute atomic E-state index is 0.0143. The Kier molecular flexibility index (Phi) is 2.57. The van der Waals surface area contributed by atoms with Crippen LogP contribution >= 0.6 is 0 Å². The van der Waals surface area contributed by atoms with E-state index in [1.165, 1.54) is 0 Å². The SMILES string of the molecule is N#Cc1ccccc1[C@@H]1NC2(CCCC2)NC1=O. The summed E-state index contributed by atoms with van der Waals surface area (Å²) in [6, 6.07) is 9.05. The molecule has 2 fully saturated rings. The molecular formula is C14H15N3O. The minimum Gasteiger partial charge on any atom is -0.336 e. The number of amides is 1. The molecule has 1 amide bonds. The number of nitriles is 1. The molecule has 1 aromatic carbocycles. The van der Waals surface area contributed by atoms with E-state index in [4.69, 9.17) is 5.26 Å². The van der Waals surface area contributed by atoms with Crippen molar-refractivity contribution in [1.29, 1.82) is 5.26 Å². The fourth-order valence-corrected chi connectivity index (χ4v) is 3.00. The first kappa shape index (κ1) is 11.2. The first-order valence-corrected chi connectivity index (χ1v) is 6.33. The van der Waals surface area contributed by atoms with Gasteiger partial charge in [0.2, 0.25) is 5.91 Å². The Hall–Kier alpha value is -1.86. The van der Waals surface area contributed by atoms with Crippen molar-refractivity contribution in [2.24, 2.45) is 0 Å². The van der Waals surface area contributed by atoms with Gasteiger partial charge in [-0.25, -0.2) is 0 Å². The van der Waals surface area contributed by atoms with Crippen molar-refractivity contribution in [2.75, 3.05) is 0 Å². The molecule has 18 heavy (non-hydrogen) atoms. The summed E-state index contributed by atoms with van der Waals surface area (Å²) < 4.78 is 0. The molecule has 4 heteroatoms. The Balaban J connectivity index is 1.94. The van der Waals surface area contributed by atoms with Crippen molar-refractivity contribution in [1.82, 2.24) is 10.6 Å². The maximum Gasteiger partial charge on any atom is 0.243 e. The molecule has 1 atom stereocenters. The van der Waals surface area contributed by atoms with E-state index in [2.05, 4.69) is 16.7 Å². The van der Waals surface area contributed by atoms with Gasteiger partial charge in [0, 0.05) is 0 Å². The second kappa shape index (κ2) is 4.11. The number of carbonyl (C=O) groups excluding carboxylic acids is 1. The van der Waals surface area contributed by atoms with Gasteiger partial charge in [0.05, 0.1) is 17.3 Å². The van der Waals surface area contributed by atoms with Crippen LogP contribution in [0, 0.1) is 11.3 Å². The third-order valence-electron chi connectivity index (χ3n) is 3.89. The summed E-state index contributed by atoms with van der Waals surface area (Å²) in [7, 11) is 0. The largest absolute Gasteiger partial charge is 0.336 e. The van der Waals surface area contributed by atoms with E-state index in [-0.39, 0.29) is 17.6 Å². The lowest BCUT2D eigenvalue weighted by Gasteiger charge is -2.23. The fourth-order valence-electron chi connectivity index (χ4n) is 3.00. The number of hydrogen-bond acceptors (Lipinski definition) is 3. The molecule has 2 aliphatic rings. The van der Waals surface area contributed by atoms with Gasteiger partial charge in [0.25, 0.3) is 0 Å². The number of hydrogen-bond donors (Lipinski definition) is 2. The summed E-state index contributed by atoms with van der Waals surface area (Å²) in [5.74, 6) is -0.0143. The molecule has 1 aromatic rings. The zero-order valence-corrected chi connectivity index (χ0v) is 10.1. The van der Waals surface area contributed by atoms with E-state index >= 15 is 0 Å². The number of carbonyl (C=O) groups is 1. The van der Waals surface area contributed by atoms with Crippen LogP contribution in [0.2, 0.25) is 0 Å². The molecule has 2 N–H and O–H groups in total. The highest BCUT2D eigenvalue weighted by molar-refractivity contribution is 5.87. The van der Waals surface area contributed by atoms with Crippen molar-refractivity contribution in [3.63, 3.8) is 0 Å². The van der Waals surface area contributed by atoms with Gasteiger partial charge in [0.15, 0.2) is 0 Å². The normalized spacial score (nSPS) is 25.1. The number of rotatable bonds is 1. The van der Waals surface area contributed by atoms with E-state index in [1.54, 1.807) is 6.07 Å². The van der Waals surface area contributed by atoms with Gasteiger partial charge in [-0.1, -0.05) is 18.2 Å². The van der Waals surface area contributed by atoms with E-state index in [9.17, 15) is 4.79 Å². The molecule has 1 aliphatic carbocycles. The van der Waals surface area contributed by atoms with Gasteiger partial charge in [-0.3, -0.25) is 10.1 Å². The van der Waals surface area contributed by atoms with E-state index in [0.29, 0.717) is 5.56 Å². The van der Waals surface area contributed by atoms with Gasteiger partial charge in [-0.15, -0.1) is 0 Å². The quantitative estimate of drug-likeness (QED) is 0.784. The summed E-state index contributed by atoms with van der Waals surface area (Å²) in [5, 5.41) is 15.6. The third kappa shape index (κ3) is 1.68. The lowest BCUT2D eigenvalue weighted by molar-refractivity contribution is -0.121. The Labute approximate surface area is 106 Å². The van der Waals surface area contributed by atoms with Crippen LogP contribution in [0.3, 0.4) is 0 Å². The highest BCUT2D eigenvalue weighted by atomic mass is 16.2. The molecule has 0 aromatic heterocycles. The topological polar surface area (TPSA) is 64.9 Å². The van der Waals surface area contributed by atoms with Crippen molar-refractivity contribution in [3.8, 4) is 6.07 Å². The Morgan fingerprint density at radius 1 is 1.28 bits per heavy atom. The monoisotopic (exact) mass is 241 g/mol. The van der Waals surface area contributed by atoms with Crippen LogP contribution < -0.4 is 10.6 Å². The van der Waals surface area contributed by atoms with E-state index in [0.717, 1.165) is 31.2 Å². The predicted molar refractivity (Wildman–Crippen MR) is 66.4 cm³/mol. The number of benzene rings is 1. The van der Waals surface area contributed by atoms with Gasteiger partial charge in [0.1, 0.15) is 6.04 Å². The minimum atomic E-state index is -0.390. The van der Waals surface area contributed by atoms with Gasteiger partial charge < -0.3 is 5.32 Å². The van der Waals surface area contributed by atoms with Crippen molar-refractivity contribution < 1.29 is 4.79 Å². The van der Waals surface area contributed by atoms with Gasteiger partial charge in [-0.05, 0) is 37.3 Å². The molecule has 4 nitrogen and oxygen atoms in total. The molecule has 1 saturated heterocycles. The van der Waals surface area contributed by atoms with Crippen LogP contribution in [0.15, 0.2) is 24.3 Å². The summed E-state index contributed by atoms with van der Waals surface area (Å²) in [6.07, 6.45) is 4.23. The second-order valence-electron chi connectivity index (χ2n) is 5.05. The average Bonchev–Trinajstić information content (AvgIpc) is 2.97. The van der Waals surface area contributed by atoms with Crippen LogP contribution in [-0.2, 0) is 4.79 Å². The molecule has 1 spiro atoms. The highest BCUT2D eigenvalue weighted by Crippen LogP contribution is 2.35. The Morgan fingerprint density at radius 2 is 2.00 bits per heavy atom. The van der Waals surface area contributed by atoms with E-state index in [1.807, 2.05) is 18.2 Å². The maximum atomic E-state index is 12.1. The van der Waals surface area contributed by atoms with Crippen LogP contribution in [-0.4, -0.2) is 11.6 Å². The van der Waals surface area contributed by atoms with Crippen LogP contribution in [0.1, 0.15) is 42.9 Å². The Morgan fingerprint density at radius 3 is 2.72 bits per heavy atom. The molecule has 0 bridgehead atoms. The predicted octanol–water partition coefficient (Wildman–Crippen LogP) is 1.59. The fraction of sp³-hybridized carbons (Fsp3) is 0.429.